The van der Waals surface area contributed by atoms with Gasteiger partial charge in [-0.2, -0.15) is 13.2 Å². The molecule has 0 saturated carbocycles. The minimum atomic E-state index is -5.26. The molecule has 0 spiro atoms. The van der Waals surface area contributed by atoms with Gasteiger partial charge in [-0.3, -0.25) is 4.79 Å². The first-order valence-corrected chi connectivity index (χ1v) is 5.69. The van der Waals surface area contributed by atoms with E-state index in [2.05, 4.69) is 4.74 Å². The van der Waals surface area contributed by atoms with E-state index in [1.807, 2.05) is 0 Å². The molecule has 110 valence electrons. The maximum Gasteiger partial charge on any atom is 0.491 e. The minimum absolute atomic E-state index is 0.301. The number of halogens is 3. The number of carbonyl (C=O) groups excluding carboxylic acids is 2. The number of pyridine rings is 1. The van der Waals surface area contributed by atoms with E-state index in [-0.39, 0.29) is 0 Å². The Morgan fingerprint density at radius 3 is 2.48 bits per heavy atom. The Hall–Kier alpha value is -2.64. The van der Waals surface area contributed by atoms with Crippen LogP contribution in [0, 0.1) is 0 Å². The van der Waals surface area contributed by atoms with Crippen molar-refractivity contribution in [2.45, 2.75) is 12.7 Å². The minimum Gasteiger partial charge on any atom is -0.385 e. The Bertz CT molecular complexity index is 764. The first-order valence-electron chi connectivity index (χ1n) is 5.69. The smallest absolute Gasteiger partial charge is 0.385 e. The molecule has 0 fully saturated rings. The number of fused-ring (bicyclic) bond motifs is 1. The number of ether oxygens (including phenoxy) is 1. The van der Waals surface area contributed by atoms with Crippen LogP contribution < -0.4 is 5.56 Å². The fourth-order valence-corrected chi connectivity index (χ4v) is 1.69. The molecule has 8 heteroatoms. The van der Waals surface area contributed by atoms with E-state index in [0.717, 1.165) is 4.57 Å². The van der Waals surface area contributed by atoms with Gasteiger partial charge in [-0.15, -0.1) is 0 Å². The molecular weight excluding hydrogens is 291 g/mol. The lowest BCUT2D eigenvalue weighted by Gasteiger charge is -2.08. The SMILES string of the molecule is O=C(Cn1ccc2ccccc2c1=O)OC(=O)C(F)(F)F. The number of benzene rings is 1. The molecule has 21 heavy (non-hydrogen) atoms. The summed E-state index contributed by atoms with van der Waals surface area (Å²) >= 11 is 0. The number of rotatable bonds is 2. The molecule has 0 bridgehead atoms. The van der Waals surface area contributed by atoms with E-state index in [4.69, 9.17) is 0 Å². The largest absolute Gasteiger partial charge is 0.491 e. The number of carbonyl (C=O) groups is 2. The van der Waals surface area contributed by atoms with Crippen molar-refractivity contribution in [2.75, 3.05) is 0 Å². The van der Waals surface area contributed by atoms with Crippen LogP contribution in [-0.4, -0.2) is 22.7 Å². The predicted octanol–water partition coefficient (Wildman–Crippen LogP) is 1.63. The highest BCUT2D eigenvalue weighted by molar-refractivity contribution is 5.88. The first kappa shape index (κ1) is 14.8. The molecule has 0 amide bonds. The molecule has 2 aromatic rings. The van der Waals surface area contributed by atoms with Gasteiger partial charge in [-0.1, -0.05) is 18.2 Å². The second-order valence-electron chi connectivity index (χ2n) is 4.10. The monoisotopic (exact) mass is 299 g/mol. The van der Waals surface area contributed by atoms with Gasteiger partial charge in [-0.25, -0.2) is 9.59 Å². The van der Waals surface area contributed by atoms with E-state index in [9.17, 15) is 27.6 Å². The molecule has 0 aliphatic heterocycles. The van der Waals surface area contributed by atoms with E-state index >= 15 is 0 Å². The van der Waals surface area contributed by atoms with Crippen LogP contribution in [0.5, 0.6) is 0 Å². The van der Waals surface area contributed by atoms with Gasteiger partial charge >= 0.3 is 18.1 Å². The standard InChI is InChI=1S/C13H8F3NO4/c14-13(15,16)12(20)21-10(18)7-17-6-5-8-3-1-2-4-9(8)11(17)19/h1-6H,7H2. The van der Waals surface area contributed by atoms with E-state index in [1.54, 1.807) is 18.2 Å². The molecule has 0 saturated heterocycles. The van der Waals surface area contributed by atoms with Crippen molar-refractivity contribution in [3.8, 4) is 0 Å². The predicted molar refractivity (Wildman–Crippen MR) is 65.4 cm³/mol. The Morgan fingerprint density at radius 1 is 1.14 bits per heavy atom. The number of alkyl halides is 3. The van der Waals surface area contributed by atoms with E-state index in [1.165, 1.54) is 18.3 Å². The van der Waals surface area contributed by atoms with Gasteiger partial charge in [-0.05, 0) is 17.5 Å². The van der Waals surface area contributed by atoms with Crippen molar-refractivity contribution in [1.82, 2.24) is 4.57 Å². The zero-order valence-corrected chi connectivity index (χ0v) is 10.4. The highest BCUT2D eigenvalue weighted by Crippen LogP contribution is 2.16. The van der Waals surface area contributed by atoms with Crippen molar-refractivity contribution in [3.05, 3.63) is 46.9 Å². The lowest BCUT2D eigenvalue weighted by atomic mass is 10.2. The van der Waals surface area contributed by atoms with Crippen LogP contribution in [0.15, 0.2) is 41.3 Å². The Kier molecular flexibility index (Phi) is 3.79. The first-order chi connectivity index (χ1) is 9.79. The van der Waals surface area contributed by atoms with Gasteiger partial charge in [0.2, 0.25) is 0 Å². The van der Waals surface area contributed by atoms with Gasteiger partial charge in [0.1, 0.15) is 6.54 Å². The summed E-state index contributed by atoms with van der Waals surface area (Å²) in [4.78, 5) is 33.8. The molecule has 1 aromatic heterocycles. The Balaban J connectivity index is 2.21. The number of nitrogens with zero attached hydrogens (tertiary/aromatic N) is 1. The average Bonchev–Trinajstić information content (AvgIpc) is 2.41. The summed E-state index contributed by atoms with van der Waals surface area (Å²) in [7, 11) is 0. The van der Waals surface area contributed by atoms with Gasteiger partial charge in [0.25, 0.3) is 5.56 Å². The van der Waals surface area contributed by atoms with Crippen molar-refractivity contribution in [3.63, 3.8) is 0 Å². The van der Waals surface area contributed by atoms with Gasteiger partial charge in [0, 0.05) is 11.6 Å². The summed E-state index contributed by atoms with van der Waals surface area (Å²) in [5.74, 6) is -4.07. The summed E-state index contributed by atoms with van der Waals surface area (Å²) in [6, 6.07) is 8.03. The molecule has 2 rings (SSSR count). The summed E-state index contributed by atoms with van der Waals surface area (Å²) in [6.45, 7) is -0.786. The molecule has 0 radical (unpaired) electrons. The van der Waals surface area contributed by atoms with Crippen LogP contribution in [0.3, 0.4) is 0 Å². The zero-order chi connectivity index (χ0) is 15.6. The highest BCUT2D eigenvalue weighted by Gasteiger charge is 2.42. The number of aromatic nitrogens is 1. The molecule has 0 N–H and O–H groups in total. The summed E-state index contributed by atoms with van der Waals surface area (Å²) < 4.78 is 40.3. The summed E-state index contributed by atoms with van der Waals surface area (Å²) in [5.41, 5.74) is -0.565. The Morgan fingerprint density at radius 2 is 1.81 bits per heavy atom. The second kappa shape index (κ2) is 5.39. The van der Waals surface area contributed by atoms with Crippen LogP contribution in [0.25, 0.3) is 10.8 Å². The molecule has 0 aliphatic carbocycles. The summed E-state index contributed by atoms with van der Waals surface area (Å²) in [5, 5.41) is 0.924. The van der Waals surface area contributed by atoms with Gasteiger partial charge < -0.3 is 9.30 Å². The number of hydrogen-bond acceptors (Lipinski definition) is 4. The third-order valence-electron chi connectivity index (χ3n) is 2.62. The Labute approximate surface area is 115 Å². The zero-order valence-electron chi connectivity index (χ0n) is 10.4. The normalized spacial score (nSPS) is 11.4. The summed E-state index contributed by atoms with van der Waals surface area (Å²) in [6.07, 6.45) is -4.02. The quantitative estimate of drug-likeness (QED) is 0.624. The number of esters is 2. The maximum atomic E-state index is 12.0. The van der Waals surface area contributed by atoms with Crippen molar-refractivity contribution in [1.29, 1.82) is 0 Å². The van der Waals surface area contributed by atoms with Crippen molar-refractivity contribution >= 4 is 22.7 Å². The molecule has 0 aliphatic rings. The van der Waals surface area contributed by atoms with Crippen molar-refractivity contribution in [2.24, 2.45) is 0 Å². The second-order valence-corrected chi connectivity index (χ2v) is 4.10. The van der Waals surface area contributed by atoms with E-state index < -0.39 is 30.2 Å². The maximum absolute atomic E-state index is 12.0. The number of hydrogen-bond donors (Lipinski definition) is 0. The fraction of sp³-hybridized carbons (Fsp3) is 0.154. The van der Waals surface area contributed by atoms with Crippen LogP contribution in [0.1, 0.15) is 0 Å². The topological polar surface area (TPSA) is 65.4 Å². The van der Waals surface area contributed by atoms with Crippen LogP contribution in [0.4, 0.5) is 13.2 Å². The fourth-order valence-electron chi connectivity index (χ4n) is 1.69. The molecule has 1 heterocycles. The lowest BCUT2D eigenvalue weighted by Crippen LogP contribution is -2.31. The van der Waals surface area contributed by atoms with Crippen molar-refractivity contribution < 1.29 is 27.5 Å². The third-order valence-corrected chi connectivity index (χ3v) is 2.62. The third kappa shape index (κ3) is 3.28. The molecule has 0 atom stereocenters. The van der Waals surface area contributed by atoms with Crippen LogP contribution in [0.2, 0.25) is 0 Å². The molecule has 5 nitrogen and oxygen atoms in total. The van der Waals surface area contributed by atoms with Gasteiger partial charge in [0.05, 0.1) is 0 Å². The molecule has 0 unspecified atom stereocenters. The molecular formula is C13H8F3NO4. The molecule has 1 aromatic carbocycles. The van der Waals surface area contributed by atoms with Crippen LogP contribution in [-0.2, 0) is 20.9 Å². The van der Waals surface area contributed by atoms with E-state index in [0.29, 0.717) is 10.8 Å². The van der Waals surface area contributed by atoms with Gasteiger partial charge in [0.15, 0.2) is 0 Å². The van der Waals surface area contributed by atoms with Crippen LogP contribution >= 0.6 is 0 Å². The lowest BCUT2D eigenvalue weighted by molar-refractivity contribution is -0.202. The highest BCUT2D eigenvalue weighted by atomic mass is 19.4. The average molecular weight is 299 g/mol.